The zero-order valence-electron chi connectivity index (χ0n) is 19.4. The number of aliphatic carboxylic acids is 1. The molecule has 1 atom stereocenters. The van der Waals surface area contributed by atoms with Gasteiger partial charge in [-0.1, -0.05) is 26.8 Å². The van der Waals surface area contributed by atoms with Gasteiger partial charge >= 0.3 is 5.97 Å². The van der Waals surface area contributed by atoms with Gasteiger partial charge in [0.15, 0.2) is 6.04 Å². The van der Waals surface area contributed by atoms with Crippen LogP contribution < -0.4 is 0 Å². The van der Waals surface area contributed by atoms with Gasteiger partial charge in [-0.3, -0.25) is 4.79 Å². The number of carboxylic acids is 1. The molecule has 8 heteroatoms. The minimum absolute atomic E-state index is 0.0909. The van der Waals surface area contributed by atoms with Gasteiger partial charge in [0.1, 0.15) is 11.4 Å². The first-order chi connectivity index (χ1) is 15.0. The van der Waals surface area contributed by atoms with Crippen molar-refractivity contribution in [3.8, 4) is 5.75 Å². The highest BCUT2D eigenvalue weighted by Gasteiger charge is 2.40. The van der Waals surface area contributed by atoms with E-state index in [2.05, 4.69) is 36.1 Å². The number of aromatic hydroxyl groups is 1. The minimum Gasteiger partial charge on any atom is -0.506 e. The highest BCUT2D eigenvalue weighted by Crippen LogP contribution is 2.40. The Labute approximate surface area is 188 Å². The Balaban J connectivity index is 1.67. The average Bonchev–Trinajstić information content (AvgIpc) is 3.00. The maximum atomic E-state index is 13.0. The van der Waals surface area contributed by atoms with E-state index in [0.29, 0.717) is 17.2 Å². The molecule has 1 aromatic carbocycles. The lowest BCUT2D eigenvalue weighted by Gasteiger charge is -2.38. The fourth-order valence-electron chi connectivity index (χ4n) is 4.31. The van der Waals surface area contributed by atoms with Crippen molar-refractivity contribution in [1.82, 2.24) is 5.01 Å². The molecule has 1 saturated carbocycles. The third-order valence-corrected chi connectivity index (χ3v) is 6.39. The molecule has 1 fully saturated rings. The van der Waals surface area contributed by atoms with Crippen LogP contribution in [0.1, 0.15) is 65.9 Å². The predicted molar refractivity (Wildman–Crippen MR) is 123 cm³/mol. The molecule has 2 aliphatic rings. The fourth-order valence-corrected chi connectivity index (χ4v) is 4.31. The molecule has 1 unspecified atom stereocenters. The Bertz CT molecular complexity index is 982. The molecular weight excluding hydrogens is 408 g/mol. The monoisotopic (exact) mass is 440 g/mol. The number of azo groups is 1. The van der Waals surface area contributed by atoms with Gasteiger partial charge in [0, 0.05) is 5.57 Å². The van der Waals surface area contributed by atoms with Gasteiger partial charge in [-0.2, -0.15) is 15.3 Å². The summed E-state index contributed by atoms with van der Waals surface area (Å²) in [4.78, 5) is 23.9. The van der Waals surface area contributed by atoms with Crippen LogP contribution in [-0.2, 0) is 9.59 Å². The van der Waals surface area contributed by atoms with E-state index in [1.165, 1.54) is 25.1 Å². The van der Waals surface area contributed by atoms with Gasteiger partial charge in [-0.05, 0) is 74.6 Å². The molecule has 0 bridgehead atoms. The van der Waals surface area contributed by atoms with E-state index in [1.54, 1.807) is 18.0 Å². The van der Waals surface area contributed by atoms with Crippen LogP contribution >= 0.6 is 0 Å². The van der Waals surface area contributed by atoms with E-state index in [-0.39, 0.29) is 34.4 Å². The third kappa shape index (κ3) is 5.23. The van der Waals surface area contributed by atoms with E-state index >= 15 is 0 Å². The molecule has 2 N–H and O–H groups in total. The molecule has 1 aliphatic heterocycles. The first kappa shape index (κ1) is 23.6. The summed E-state index contributed by atoms with van der Waals surface area (Å²) < 4.78 is 0. The number of phenolic OH excluding ortho intramolecular Hbond substituents is 1. The van der Waals surface area contributed by atoms with Crippen LogP contribution in [-0.4, -0.2) is 44.9 Å². The zero-order valence-corrected chi connectivity index (χ0v) is 19.4. The number of carboxylic acid groups (broad SMARTS) is 1. The van der Waals surface area contributed by atoms with Crippen LogP contribution in [0.4, 0.5) is 5.69 Å². The van der Waals surface area contributed by atoms with Crippen molar-refractivity contribution in [3.05, 3.63) is 29.3 Å². The highest BCUT2D eigenvalue weighted by atomic mass is 16.4. The van der Waals surface area contributed by atoms with Gasteiger partial charge in [0.05, 0.1) is 11.8 Å². The first-order valence-corrected chi connectivity index (χ1v) is 11.0. The van der Waals surface area contributed by atoms with Gasteiger partial charge in [-0.25, -0.2) is 9.80 Å². The van der Waals surface area contributed by atoms with E-state index in [1.807, 2.05) is 0 Å². The summed E-state index contributed by atoms with van der Waals surface area (Å²) >= 11 is 0. The molecule has 0 saturated heterocycles. The molecular formula is C24H32N4O4. The molecule has 172 valence electrons. The van der Waals surface area contributed by atoms with Crippen LogP contribution in [0, 0.1) is 11.3 Å². The van der Waals surface area contributed by atoms with E-state index in [4.69, 9.17) is 5.11 Å². The molecule has 8 nitrogen and oxygen atoms in total. The molecule has 1 heterocycles. The normalized spacial score (nSPS) is 24.8. The quantitative estimate of drug-likeness (QED) is 0.486. The molecule has 1 amide bonds. The van der Waals surface area contributed by atoms with Crippen molar-refractivity contribution in [2.24, 2.45) is 26.7 Å². The van der Waals surface area contributed by atoms with Crippen molar-refractivity contribution in [1.29, 1.82) is 0 Å². The summed E-state index contributed by atoms with van der Waals surface area (Å²) in [5.41, 5.74) is 1.76. The summed E-state index contributed by atoms with van der Waals surface area (Å²) in [6, 6.07) is 3.89. The number of hydrogen-bond acceptors (Lipinski definition) is 6. The van der Waals surface area contributed by atoms with E-state index in [9.17, 15) is 14.7 Å². The Kier molecular flexibility index (Phi) is 6.81. The van der Waals surface area contributed by atoms with Gasteiger partial charge in [0.25, 0.3) is 5.91 Å². The van der Waals surface area contributed by atoms with Crippen molar-refractivity contribution in [2.45, 2.75) is 72.4 Å². The number of nitrogens with zero attached hydrogens (tertiary/aromatic N) is 4. The number of rotatable bonds is 5. The number of hydrazone groups is 1. The van der Waals surface area contributed by atoms with Gasteiger partial charge in [0.2, 0.25) is 0 Å². The van der Waals surface area contributed by atoms with Crippen LogP contribution in [0.3, 0.4) is 0 Å². The topological polar surface area (TPSA) is 115 Å². The molecule has 1 aromatic rings. The maximum absolute atomic E-state index is 13.0. The van der Waals surface area contributed by atoms with Crippen molar-refractivity contribution in [2.75, 3.05) is 0 Å². The molecule has 0 aromatic heterocycles. The smallest absolute Gasteiger partial charge is 0.331 e. The Morgan fingerprint density at radius 3 is 2.44 bits per heavy atom. The number of hydrogen-bond donors (Lipinski definition) is 2. The lowest BCUT2D eigenvalue weighted by Crippen LogP contribution is -2.41. The third-order valence-electron chi connectivity index (χ3n) is 6.39. The van der Waals surface area contributed by atoms with Crippen LogP contribution in [0.15, 0.2) is 39.1 Å². The van der Waals surface area contributed by atoms with Crippen LogP contribution in [0.5, 0.6) is 5.75 Å². The molecule has 32 heavy (non-hydrogen) atoms. The summed E-state index contributed by atoms with van der Waals surface area (Å²) in [5.74, 6) is -0.698. The largest absolute Gasteiger partial charge is 0.506 e. The second-order valence-corrected chi connectivity index (χ2v) is 9.79. The maximum Gasteiger partial charge on any atom is 0.331 e. The van der Waals surface area contributed by atoms with Crippen molar-refractivity contribution in [3.63, 3.8) is 0 Å². The Morgan fingerprint density at radius 2 is 1.88 bits per heavy atom. The molecule has 0 spiro atoms. The number of benzene rings is 1. The molecule has 0 radical (unpaired) electrons. The van der Waals surface area contributed by atoms with Crippen LogP contribution in [0.25, 0.3) is 6.08 Å². The van der Waals surface area contributed by atoms with E-state index in [0.717, 1.165) is 25.7 Å². The summed E-state index contributed by atoms with van der Waals surface area (Å²) in [6.45, 7) is 10.0. The number of phenols is 1. The minimum atomic E-state index is -1.03. The number of carbonyl (C=O) groups is 2. The SMILES string of the molecule is CC(=Cc1ccc(N=NC2C(=O)N(C3CCC(C(C)(C)C)CC3)N=C2C)c(O)c1)C(=O)O. The summed E-state index contributed by atoms with van der Waals surface area (Å²) in [6.07, 6.45) is 5.47. The second kappa shape index (κ2) is 9.22. The lowest BCUT2D eigenvalue weighted by atomic mass is 9.71. The molecule has 3 rings (SSSR count). The Hall–Kier alpha value is -3.03. The zero-order chi connectivity index (χ0) is 23.6. The summed E-state index contributed by atoms with van der Waals surface area (Å²) in [7, 11) is 0. The van der Waals surface area contributed by atoms with Gasteiger partial charge in [-0.15, -0.1) is 0 Å². The standard InChI is InChI=1S/C24H32N4O4/c1-14(23(31)32)12-16-6-11-19(20(29)13-16)25-26-21-15(2)27-28(22(21)30)18-9-7-17(8-10-18)24(3,4)5/h6,11-13,17-18,21,29H,7-10H2,1-5H3,(H,31,32). The lowest BCUT2D eigenvalue weighted by molar-refractivity contribution is -0.133. The number of amides is 1. The second-order valence-electron chi connectivity index (χ2n) is 9.79. The first-order valence-electron chi connectivity index (χ1n) is 11.0. The van der Waals surface area contributed by atoms with Crippen molar-refractivity contribution >= 4 is 29.4 Å². The highest BCUT2D eigenvalue weighted by molar-refractivity contribution is 6.10. The average molecular weight is 441 g/mol. The fraction of sp³-hybridized carbons (Fsp3) is 0.542. The summed E-state index contributed by atoms with van der Waals surface area (Å²) in [5, 5.41) is 33.5. The van der Waals surface area contributed by atoms with Crippen molar-refractivity contribution < 1.29 is 19.8 Å². The molecule has 1 aliphatic carbocycles. The Morgan fingerprint density at radius 1 is 1.22 bits per heavy atom. The van der Waals surface area contributed by atoms with E-state index < -0.39 is 12.0 Å². The predicted octanol–water partition coefficient (Wildman–Crippen LogP) is 5.16. The van der Waals surface area contributed by atoms with Crippen LogP contribution in [0.2, 0.25) is 0 Å². The number of carbonyl (C=O) groups excluding carboxylic acids is 1. The van der Waals surface area contributed by atoms with Gasteiger partial charge < -0.3 is 10.2 Å².